The van der Waals surface area contributed by atoms with Crippen molar-refractivity contribution in [2.75, 3.05) is 23.9 Å². The summed E-state index contributed by atoms with van der Waals surface area (Å²) in [5, 5.41) is 8.06. The topological polar surface area (TPSA) is 113 Å². The molecule has 8 nitrogen and oxygen atoms in total. The van der Waals surface area contributed by atoms with Gasteiger partial charge in [0.1, 0.15) is 5.02 Å². The number of hydrogen-bond donors (Lipinski definition) is 3. The Morgan fingerprint density at radius 3 is 2.53 bits per heavy atom. The van der Waals surface area contributed by atoms with Gasteiger partial charge in [-0.3, -0.25) is 4.79 Å². The summed E-state index contributed by atoms with van der Waals surface area (Å²) in [7, 11) is -1.86. The molecule has 3 aromatic rings. The fourth-order valence-electron chi connectivity index (χ4n) is 2.79. The van der Waals surface area contributed by atoms with E-state index in [1.54, 1.807) is 24.3 Å². The van der Waals surface area contributed by atoms with Gasteiger partial charge in [0, 0.05) is 25.1 Å². The molecule has 0 unspecified atom stereocenters. The average molecular weight is 482 g/mol. The second-order valence-electron chi connectivity index (χ2n) is 6.80. The number of halogens is 3. The minimum Gasteiger partial charge on any atom is -0.355 e. The first-order valence-electron chi connectivity index (χ1n) is 9.10. The van der Waals surface area contributed by atoms with E-state index in [1.165, 1.54) is 13.2 Å². The molecule has 0 fully saturated rings. The zero-order valence-electron chi connectivity index (χ0n) is 16.9. The molecule has 0 aliphatic rings. The van der Waals surface area contributed by atoms with Crippen molar-refractivity contribution in [2.24, 2.45) is 0 Å². The number of carbonyl (C=O) groups excluding carboxylic acids is 1. The summed E-state index contributed by atoms with van der Waals surface area (Å²) in [6.07, 6.45) is 2.41. The molecule has 0 atom stereocenters. The van der Waals surface area contributed by atoms with E-state index < -0.39 is 27.4 Å². The summed E-state index contributed by atoms with van der Waals surface area (Å²) in [4.78, 5) is 20.3. The van der Waals surface area contributed by atoms with Gasteiger partial charge in [-0.1, -0.05) is 23.7 Å². The number of nitrogens with zero attached hydrogens (tertiary/aromatic N) is 2. The number of sulfone groups is 1. The van der Waals surface area contributed by atoms with Crippen LogP contribution in [0.4, 0.5) is 31.9 Å². The van der Waals surface area contributed by atoms with Crippen molar-refractivity contribution < 1.29 is 22.0 Å². The normalized spacial score (nSPS) is 11.2. The summed E-state index contributed by atoms with van der Waals surface area (Å²) in [6, 6.07) is 8.25. The number of anilines is 4. The van der Waals surface area contributed by atoms with Gasteiger partial charge in [0.25, 0.3) is 5.91 Å². The molecule has 0 saturated heterocycles. The van der Waals surface area contributed by atoms with Crippen molar-refractivity contribution >= 4 is 50.5 Å². The van der Waals surface area contributed by atoms with Crippen LogP contribution >= 0.6 is 11.6 Å². The smallest absolute Gasteiger partial charge is 0.253 e. The summed E-state index contributed by atoms with van der Waals surface area (Å²) < 4.78 is 50.5. The Kier molecular flexibility index (Phi) is 6.90. The van der Waals surface area contributed by atoms with Gasteiger partial charge in [-0.15, -0.1) is 0 Å². The monoisotopic (exact) mass is 481 g/mol. The van der Waals surface area contributed by atoms with Crippen LogP contribution < -0.4 is 16.0 Å². The minimum atomic E-state index is -3.21. The lowest BCUT2D eigenvalue weighted by atomic mass is 10.1. The van der Waals surface area contributed by atoms with E-state index in [2.05, 4.69) is 25.9 Å². The van der Waals surface area contributed by atoms with E-state index in [0.29, 0.717) is 11.3 Å². The highest BCUT2D eigenvalue weighted by molar-refractivity contribution is 7.89. The van der Waals surface area contributed by atoms with Crippen molar-refractivity contribution in [2.45, 2.75) is 5.75 Å². The first kappa shape index (κ1) is 23.4. The van der Waals surface area contributed by atoms with Gasteiger partial charge in [0.15, 0.2) is 27.3 Å². The Hall–Kier alpha value is -3.31. The SMILES string of the molecule is CNC(=O)c1cc(F)c(F)cc1Nc1nc(Nc2cccc(CS(C)(=O)=O)c2)ncc1Cl. The molecule has 1 aromatic heterocycles. The highest BCUT2D eigenvalue weighted by Crippen LogP contribution is 2.28. The fraction of sp³-hybridized carbons (Fsp3) is 0.150. The second kappa shape index (κ2) is 9.45. The van der Waals surface area contributed by atoms with Crippen molar-refractivity contribution in [1.82, 2.24) is 15.3 Å². The number of benzene rings is 2. The lowest BCUT2D eigenvalue weighted by Gasteiger charge is -2.14. The molecule has 2 aromatic carbocycles. The Morgan fingerprint density at radius 2 is 1.84 bits per heavy atom. The van der Waals surface area contributed by atoms with Gasteiger partial charge in [-0.25, -0.2) is 22.2 Å². The van der Waals surface area contributed by atoms with E-state index >= 15 is 0 Å². The van der Waals surface area contributed by atoms with Crippen LogP contribution in [0.5, 0.6) is 0 Å². The maximum atomic E-state index is 13.8. The average Bonchev–Trinajstić information content (AvgIpc) is 2.71. The van der Waals surface area contributed by atoms with Crippen LogP contribution in [0.2, 0.25) is 5.02 Å². The predicted octanol–water partition coefficient (Wildman–Crippen LogP) is 3.80. The molecule has 32 heavy (non-hydrogen) atoms. The summed E-state index contributed by atoms with van der Waals surface area (Å²) >= 11 is 6.13. The van der Waals surface area contributed by atoms with Gasteiger partial charge < -0.3 is 16.0 Å². The third kappa shape index (κ3) is 5.89. The molecule has 168 valence electrons. The summed E-state index contributed by atoms with van der Waals surface area (Å²) in [5.74, 6) is -2.98. The number of rotatable bonds is 7. The molecule has 0 aliphatic carbocycles. The largest absolute Gasteiger partial charge is 0.355 e. The zero-order valence-corrected chi connectivity index (χ0v) is 18.5. The number of hydrogen-bond acceptors (Lipinski definition) is 7. The molecular weight excluding hydrogens is 464 g/mol. The number of aromatic nitrogens is 2. The zero-order chi connectivity index (χ0) is 23.5. The molecule has 0 radical (unpaired) electrons. The lowest BCUT2D eigenvalue weighted by Crippen LogP contribution is -2.20. The van der Waals surface area contributed by atoms with Crippen LogP contribution in [-0.2, 0) is 15.6 Å². The molecule has 0 bridgehead atoms. The van der Waals surface area contributed by atoms with E-state index in [9.17, 15) is 22.0 Å². The van der Waals surface area contributed by atoms with Crippen LogP contribution in [0.25, 0.3) is 0 Å². The van der Waals surface area contributed by atoms with Crippen molar-refractivity contribution in [3.8, 4) is 0 Å². The third-order valence-electron chi connectivity index (χ3n) is 4.14. The molecule has 0 spiro atoms. The number of amides is 1. The van der Waals surface area contributed by atoms with Crippen LogP contribution in [0.3, 0.4) is 0 Å². The molecule has 1 heterocycles. The van der Waals surface area contributed by atoms with Gasteiger partial charge >= 0.3 is 0 Å². The highest BCUT2D eigenvalue weighted by Gasteiger charge is 2.17. The summed E-state index contributed by atoms with van der Waals surface area (Å²) in [6.45, 7) is 0. The van der Waals surface area contributed by atoms with Gasteiger partial charge in [0.2, 0.25) is 5.95 Å². The lowest BCUT2D eigenvalue weighted by molar-refractivity contribution is 0.0963. The van der Waals surface area contributed by atoms with Crippen molar-refractivity contribution in [3.05, 3.63) is 70.4 Å². The Bertz CT molecular complexity index is 1290. The Morgan fingerprint density at radius 1 is 1.12 bits per heavy atom. The fourth-order valence-corrected chi connectivity index (χ4v) is 3.71. The Balaban J connectivity index is 1.90. The highest BCUT2D eigenvalue weighted by atomic mass is 35.5. The molecule has 0 aliphatic heterocycles. The third-order valence-corrected chi connectivity index (χ3v) is 5.28. The predicted molar refractivity (Wildman–Crippen MR) is 118 cm³/mol. The van der Waals surface area contributed by atoms with Crippen molar-refractivity contribution in [3.63, 3.8) is 0 Å². The van der Waals surface area contributed by atoms with E-state index in [1.807, 2.05) is 0 Å². The molecule has 0 saturated carbocycles. The van der Waals surface area contributed by atoms with Crippen LogP contribution in [0.15, 0.2) is 42.6 Å². The Labute approximate surface area is 188 Å². The first-order chi connectivity index (χ1) is 15.1. The summed E-state index contributed by atoms with van der Waals surface area (Å²) in [5.41, 5.74) is 0.897. The van der Waals surface area contributed by atoms with Crippen LogP contribution in [0.1, 0.15) is 15.9 Å². The molecular formula is C20H18ClF2N5O3S. The molecule has 3 N–H and O–H groups in total. The van der Waals surface area contributed by atoms with Gasteiger partial charge in [-0.2, -0.15) is 4.98 Å². The van der Waals surface area contributed by atoms with E-state index in [4.69, 9.17) is 11.6 Å². The minimum absolute atomic E-state index is 0.0348. The maximum absolute atomic E-state index is 13.8. The number of nitrogens with one attached hydrogen (secondary N) is 3. The number of carbonyl (C=O) groups is 1. The van der Waals surface area contributed by atoms with Crippen molar-refractivity contribution in [1.29, 1.82) is 0 Å². The van der Waals surface area contributed by atoms with Crippen LogP contribution in [0, 0.1) is 11.6 Å². The first-order valence-corrected chi connectivity index (χ1v) is 11.5. The van der Waals surface area contributed by atoms with Crippen LogP contribution in [-0.4, -0.2) is 37.6 Å². The standard InChI is InChI=1S/C20H18ClF2N5O3S/c1-24-19(29)13-7-15(22)16(23)8-17(13)27-18-14(21)9-25-20(28-18)26-12-5-3-4-11(6-12)10-32(2,30)31/h3-9H,10H2,1-2H3,(H,24,29)(H2,25,26,27,28). The van der Waals surface area contributed by atoms with E-state index in [0.717, 1.165) is 18.4 Å². The molecule has 3 rings (SSSR count). The quantitative estimate of drug-likeness (QED) is 0.470. The second-order valence-corrected chi connectivity index (χ2v) is 9.35. The maximum Gasteiger partial charge on any atom is 0.253 e. The van der Waals surface area contributed by atoms with Gasteiger partial charge in [0.05, 0.1) is 23.2 Å². The molecule has 12 heteroatoms. The van der Waals surface area contributed by atoms with Gasteiger partial charge in [-0.05, 0) is 23.8 Å². The molecule has 1 amide bonds. The van der Waals surface area contributed by atoms with E-state index in [-0.39, 0.29) is 33.8 Å².